The number of ether oxygens (including phenoxy) is 2. The number of aryl methyl sites for hydroxylation is 2. The van der Waals surface area contributed by atoms with E-state index in [1.807, 2.05) is 31.3 Å². The maximum Gasteiger partial charge on any atom is 0.264 e. The number of morpholine rings is 1. The van der Waals surface area contributed by atoms with E-state index in [1.54, 1.807) is 12.1 Å². The molecule has 4 bridgehead atoms. The van der Waals surface area contributed by atoms with Crippen LogP contribution in [-0.4, -0.2) is 56.3 Å². The van der Waals surface area contributed by atoms with Crippen molar-refractivity contribution in [1.29, 1.82) is 0 Å². The summed E-state index contributed by atoms with van der Waals surface area (Å²) in [7, 11) is -4.01. The van der Waals surface area contributed by atoms with Gasteiger partial charge < -0.3 is 14.4 Å². The Morgan fingerprint density at radius 2 is 1.77 bits per heavy atom. The van der Waals surface area contributed by atoms with E-state index in [4.69, 9.17) is 19.4 Å². The van der Waals surface area contributed by atoms with Crippen LogP contribution in [0, 0.1) is 25.2 Å². The van der Waals surface area contributed by atoms with Gasteiger partial charge in [-0.3, -0.25) is 4.98 Å². The molecule has 2 atom stereocenters. The highest BCUT2D eigenvalue weighted by atomic mass is 32.2. The number of hydrogen-bond donors (Lipinski definition) is 1. The molecule has 4 heterocycles. The van der Waals surface area contributed by atoms with Crippen molar-refractivity contribution in [3.63, 3.8) is 0 Å². The Balaban J connectivity index is 1.45. The average Bonchev–Trinajstić information content (AvgIpc) is 3.06. The number of nitrogens with zero attached hydrogens (tertiary/aromatic N) is 4. The topological polar surface area (TPSA) is 107 Å². The largest absolute Gasteiger partial charge is 0.477 e. The first-order valence-corrected chi connectivity index (χ1v) is 18.4. The van der Waals surface area contributed by atoms with Gasteiger partial charge >= 0.3 is 0 Å². The highest BCUT2D eigenvalue weighted by Gasteiger charge is 2.32. The summed E-state index contributed by atoms with van der Waals surface area (Å²) in [4.78, 5) is 16.8. The minimum atomic E-state index is -4.01. The third-order valence-electron chi connectivity index (χ3n) is 9.39. The summed E-state index contributed by atoms with van der Waals surface area (Å²) in [5.74, 6) is 0.347. The molecule has 1 N–H and O–H groups in total. The van der Waals surface area contributed by atoms with Gasteiger partial charge in [0.25, 0.3) is 10.0 Å². The second-order valence-corrected chi connectivity index (χ2v) is 15.9. The Labute approximate surface area is 285 Å². The molecule has 0 amide bonds. The van der Waals surface area contributed by atoms with Crippen LogP contribution in [0.25, 0.3) is 11.3 Å². The van der Waals surface area contributed by atoms with E-state index in [0.29, 0.717) is 37.8 Å². The van der Waals surface area contributed by atoms with Crippen molar-refractivity contribution >= 4 is 21.7 Å². The summed E-state index contributed by atoms with van der Waals surface area (Å²) in [6.45, 7) is 16.3. The molecular formula is C38H47N5O4S. The molecule has 2 aliphatic rings. The van der Waals surface area contributed by atoms with E-state index in [-0.39, 0.29) is 28.1 Å². The molecule has 0 aliphatic carbocycles. The molecule has 6 rings (SSSR count). The summed E-state index contributed by atoms with van der Waals surface area (Å²) >= 11 is 0. The number of rotatable bonds is 6. The van der Waals surface area contributed by atoms with E-state index >= 15 is 0 Å². The number of pyridine rings is 1. The molecule has 1 unspecified atom stereocenters. The molecule has 1 fully saturated rings. The lowest BCUT2D eigenvalue weighted by molar-refractivity contribution is 0.122. The monoisotopic (exact) mass is 669 g/mol. The number of hydrogen-bond acceptors (Lipinski definition) is 8. The molecule has 254 valence electrons. The first-order chi connectivity index (χ1) is 22.9. The minimum Gasteiger partial charge on any atom is -0.477 e. The van der Waals surface area contributed by atoms with Crippen LogP contribution in [0.3, 0.4) is 0 Å². The summed E-state index contributed by atoms with van der Waals surface area (Å²) in [5, 5.41) is 0. The van der Waals surface area contributed by atoms with Gasteiger partial charge in [-0.25, -0.2) is 18.1 Å². The second-order valence-electron chi connectivity index (χ2n) is 14.2. The Morgan fingerprint density at radius 3 is 2.48 bits per heavy atom. The van der Waals surface area contributed by atoms with Gasteiger partial charge in [-0.15, -0.1) is 0 Å². The molecule has 4 aromatic rings. The van der Waals surface area contributed by atoms with Crippen LogP contribution in [0.4, 0.5) is 11.6 Å². The van der Waals surface area contributed by atoms with Crippen molar-refractivity contribution in [3.8, 4) is 17.1 Å². The zero-order valence-corrected chi connectivity index (χ0v) is 29.7. The van der Waals surface area contributed by atoms with Gasteiger partial charge in [0.05, 0.1) is 42.3 Å². The van der Waals surface area contributed by atoms with Gasteiger partial charge in [0.2, 0.25) is 11.8 Å². The summed E-state index contributed by atoms with van der Waals surface area (Å²) in [5.41, 5.74) is 7.57. The van der Waals surface area contributed by atoms with Gasteiger partial charge in [-0.2, -0.15) is 4.98 Å². The second kappa shape index (κ2) is 13.8. The highest BCUT2D eigenvalue weighted by Crippen LogP contribution is 2.40. The van der Waals surface area contributed by atoms with Crippen molar-refractivity contribution in [1.82, 2.24) is 15.0 Å². The average molecular weight is 670 g/mol. The molecule has 10 heteroatoms. The highest BCUT2D eigenvalue weighted by molar-refractivity contribution is 7.92. The lowest BCUT2D eigenvalue weighted by atomic mass is 9.74. The predicted octanol–water partition coefficient (Wildman–Crippen LogP) is 7.13. The van der Waals surface area contributed by atoms with Crippen LogP contribution >= 0.6 is 0 Å². The molecule has 0 radical (unpaired) electrons. The first kappa shape index (κ1) is 33.9. The van der Waals surface area contributed by atoms with Gasteiger partial charge in [-0.05, 0) is 85.4 Å². The maximum atomic E-state index is 13.9. The zero-order valence-electron chi connectivity index (χ0n) is 28.9. The Morgan fingerprint density at radius 1 is 1.00 bits per heavy atom. The third kappa shape index (κ3) is 7.50. The number of anilines is 2. The van der Waals surface area contributed by atoms with E-state index < -0.39 is 10.0 Å². The standard InChI is InChI=1S/C38H47N5O4S/c1-7-27-11-8-10-25(2)34(27)35-26(3)36-41-37(40-35)42-48(44,45)32-13-9-12-28(20-32)33(29(24-47-36)22-38(4,5)6)21-30-14-15-31(23-39-30)43-16-18-46-19-17-43/h8-15,20,23,29,33H,7,16-19,21-22,24H2,1-6H3,(H,40,41,42)/t29-,33?/m1/s1. The Kier molecular flexibility index (Phi) is 9.76. The Bertz CT molecular complexity index is 1870. The van der Waals surface area contributed by atoms with E-state index in [2.05, 4.69) is 73.5 Å². The predicted molar refractivity (Wildman–Crippen MR) is 190 cm³/mol. The molecule has 2 aromatic heterocycles. The maximum absolute atomic E-state index is 13.9. The number of sulfonamides is 1. The molecule has 2 aromatic carbocycles. The summed E-state index contributed by atoms with van der Waals surface area (Å²) < 4.78 is 42.7. The number of fused-ring (bicyclic) bond motifs is 4. The number of benzene rings is 2. The number of nitrogens with one attached hydrogen (secondary N) is 1. The van der Waals surface area contributed by atoms with Crippen molar-refractivity contribution in [2.75, 3.05) is 42.5 Å². The van der Waals surface area contributed by atoms with E-state index in [9.17, 15) is 8.42 Å². The van der Waals surface area contributed by atoms with Gasteiger partial charge in [0.15, 0.2) is 0 Å². The fourth-order valence-corrected chi connectivity index (χ4v) is 8.00. The van der Waals surface area contributed by atoms with Crippen LogP contribution in [-0.2, 0) is 27.6 Å². The zero-order chi connectivity index (χ0) is 34.1. The van der Waals surface area contributed by atoms with Gasteiger partial charge in [0, 0.05) is 35.8 Å². The van der Waals surface area contributed by atoms with Gasteiger partial charge in [0.1, 0.15) is 0 Å². The minimum absolute atomic E-state index is 0.00429. The quantitative estimate of drug-likeness (QED) is 0.231. The first-order valence-electron chi connectivity index (χ1n) is 16.9. The molecule has 9 nitrogen and oxygen atoms in total. The molecule has 48 heavy (non-hydrogen) atoms. The van der Waals surface area contributed by atoms with Crippen molar-refractivity contribution < 1.29 is 17.9 Å². The van der Waals surface area contributed by atoms with Crippen molar-refractivity contribution in [2.24, 2.45) is 11.3 Å². The fourth-order valence-electron chi connectivity index (χ4n) is 7.00. The van der Waals surface area contributed by atoms with E-state index in [0.717, 1.165) is 65.1 Å². The van der Waals surface area contributed by atoms with Crippen molar-refractivity contribution in [3.05, 3.63) is 88.7 Å². The molecular weight excluding hydrogens is 623 g/mol. The van der Waals surface area contributed by atoms with Crippen LogP contribution in [0.15, 0.2) is 65.7 Å². The van der Waals surface area contributed by atoms with E-state index in [1.165, 1.54) is 0 Å². The SMILES string of the molecule is CCc1cccc(C)c1-c1nc2nc(c1C)OC[C@@H](CC(C)(C)C)C(Cc1ccc(N3CCOCC3)cn1)c1cccc(c1)S(=O)(=O)N2. The number of aromatic nitrogens is 3. The van der Waals surface area contributed by atoms with Crippen molar-refractivity contribution in [2.45, 2.75) is 71.6 Å². The molecule has 1 saturated heterocycles. The van der Waals surface area contributed by atoms with Crippen LogP contribution < -0.4 is 14.4 Å². The molecule has 2 aliphatic heterocycles. The summed E-state index contributed by atoms with van der Waals surface area (Å²) in [6.07, 6.45) is 4.23. The lowest BCUT2D eigenvalue weighted by Crippen LogP contribution is -2.36. The van der Waals surface area contributed by atoms with Gasteiger partial charge in [-0.1, -0.05) is 58.0 Å². The van der Waals surface area contributed by atoms with Crippen LogP contribution in [0.1, 0.15) is 68.0 Å². The van der Waals surface area contributed by atoms with Crippen LogP contribution in [0.2, 0.25) is 0 Å². The summed E-state index contributed by atoms with van der Waals surface area (Å²) in [6, 6.07) is 17.7. The fraction of sp³-hybridized carbons (Fsp3) is 0.447. The molecule has 0 spiro atoms. The lowest BCUT2D eigenvalue weighted by Gasteiger charge is -2.33. The molecule has 0 saturated carbocycles. The Hall–Kier alpha value is -4.02. The smallest absolute Gasteiger partial charge is 0.264 e. The normalized spacial score (nSPS) is 19.4. The van der Waals surface area contributed by atoms with Crippen LogP contribution in [0.5, 0.6) is 5.88 Å². The third-order valence-corrected chi connectivity index (χ3v) is 10.7.